The Kier molecular flexibility index (Phi) is 22.3. The average molecular weight is 760 g/mol. The van der Waals surface area contributed by atoms with Crippen LogP contribution in [0.15, 0.2) is 47.6 Å². The molecule has 0 saturated carbocycles. The molecule has 1 aliphatic rings. The lowest BCUT2D eigenvalue weighted by Gasteiger charge is -2.44. The smallest absolute Gasteiger partial charge is 0.338 e. The van der Waals surface area contributed by atoms with Crippen LogP contribution in [0.3, 0.4) is 0 Å². The standard InChI is InChI=1S/C39H57N3O12/c1-6-7-8-9-10-11-12-13-14-15-16-17-21-24-33(53-38(47)31-22-19-18-20-23-31)32(41-42-40)25-49-39-37(52-30(5)46)36(51-29(4)45)35(50-28(3)44)34(54-39)26-48-27(2)43/h18-24,32-37,39H,6-17,25-26H2,1-5H3/b24-21+/t32-,33+,34+,35-,36-,37+,39+/m0/s1. The summed E-state index contributed by atoms with van der Waals surface area (Å²) in [6.07, 6.45) is 9.26. The van der Waals surface area contributed by atoms with Gasteiger partial charge in [-0.1, -0.05) is 101 Å². The Bertz CT molecular complexity index is 1380. The molecule has 15 heteroatoms. The van der Waals surface area contributed by atoms with E-state index in [0.29, 0.717) is 6.42 Å². The number of carbonyl (C=O) groups is 5. The molecular weight excluding hydrogens is 702 g/mol. The number of hydrogen-bond acceptors (Lipinski definition) is 13. The van der Waals surface area contributed by atoms with Crippen LogP contribution in [0, 0.1) is 0 Å². The van der Waals surface area contributed by atoms with Gasteiger partial charge in [0.15, 0.2) is 24.6 Å². The molecule has 0 bridgehead atoms. The van der Waals surface area contributed by atoms with E-state index in [9.17, 15) is 29.5 Å². The lowest BCUT2D eigenvalue weighted by atomic mass is 9.98. The van der Waals surface area contributed by atoms with Crippen molar-refractivity contribution in [3.63, 3.8) is 0 Å². The Morgan fingerprint density at radius 2 is 1.33 bits per heavy atom. The van der Waals surface area contributed by atoms with Gasteiger partial charge in [-0.25, -0.2) is 4.79 Å². The van der Waals surface area contributed by atoms with Crippen molar-refractivity contribution >= 4 is 29.8 Å². The molecule has 15 nitrogen and oxygen atoms in total. The Hall–Kier alpha value is -4.46. The first kappa shape index (κ1) is 45.7. The largest absolute Gasteiger partial charge is 0.463 e. The van der Waals surface area contributed by atoms with Crippen molar-refractivity contribution in [1.29, 1.82) is 0 Å². The van der Waals surface area contributed by atoms with E-state index in [2.05, 4.69) is 16.9 Å². The third-order valence-electron chi connectivity index (χ3n) is 8.51. The summed E-state index contributed by atoms with van der Waals surface area (Å²) in [7, 11) is 0. The van der Waals surface area contributed by atoms with Gasteiger partial charge in [-0.05, 0) is 36.6 Å². The Labute approximate surface area is 318 Å². The van der Waals surface area contributed by atoms with E-state index in [1.165, 1.54) is 51.4 Å². The first-order valence-corrected chi connectivity index (χ1v) is 18.9. The molecule has 1 fully saturated rings. The number of ether oxygens (including phenoxy) is 7. The summed E-state index contributed by atoms with van der Waals surface area (Å²) in [5.74, 6) is -3.72. The van der Waals surface area contributed by atoms with Crippen molar-refractivity contribution in [2.24, 2.45) is 5.11 Å². The number of rotatable bonds is 25. The number of esters is 5. The van der Waals surface area contributed by atoms with Crippen molar-refractivity contribution in [2.75, 3.05) is 13.2 Å². The summed E-state index contributed by atoms with van der Waals surface area (Å²) >= 11 is 0. The van der Waals surface area contributed by atoms with Crippen LogP contribution in [0.1, 0.15) is 122 Å². The molecule has 0 N–H and O–H groups in total. The van der Waals surface area contributed by atoms with Crippen LogP contribution < -0.4 is 0 Å². The molecule has 0 spiro atoms. The quantitative estimate of drug-likeness (QED) is 0.0184. The second-order valence-electron chi connectivity index (χ2n) is 13.2. The molecule has 7 atom stereocenters. The van der Waals surface area contributed by atoms with Gasteiger partial charge in [-0.15, -0.1) is 0 Å². The van der Waals surface area contributed by atoms with E-state index in [1.807, 2.05) is 6.08 Å². The molecule has 1 saturated heterocycles. The van der Waals surface area contributed by atoms with Crippen molar-refractivity contribution in [1.82, 2.24) is 0 Å². The highest BCUT2D eigenvalue weighted by Gasteiger charge is 2.53. The summed E-state index contributed by atoms with van der Waals surface area (Å²) in [6.45, 7) is 5.82. The number of azide groups is 1. The highest BCUT2D eigenvalue weighted by molar-refractivity contribution is 5.89. The van der Waals surface area contributed by atoms with Gasteiger partial charge in [0.1, 0.15) is 24.9 Å². The number of benzene rings is 1. The summed E-state index contributed by atoms with van der Waals surface area (Å²) in [5, 5.41) is 3.86. The van der Waals surface area contributed by atoms with E-state index >= 15 is 0 Å². The molecule has 1 aliphatic heterocycles. The molecule has 0 radical (unpaired) electrons. The molecule has 1 aromatic rings. The molecule has 1 heterocycles. The van der Waals surface area contributed by atoms with E-state index in [4.69, 9.17) is 33.2 Å². The molecule has 0 aliphatic carbocycles. The highest BCUT2D eigenvalue weighted by Crippen LogP contribution is 2.30. The zero-order chi connectivity index (χ0) is 39.7. The minimum absolute atomic E-state index is 0.279. The number of carbonyl (C=O) groups excluding carboxylic acids is 5. The monoisotopic (exact) mass is 759 g/mol. The van der Waals surface area contributed by atoms with Gasteiger partial charge in [0.25, 0.3) is 0 Å². The maximum atomic E-state index is 13.2. The zero-order valence-electron chi connectivity index (χ0n) is 32.2. The number of hydrogen-bond donors (Lipinski definition) is 0. The SMILES string of the molecule is CCCCCCCCCCCCC/C=C/[C@@H](OC(=O)c1ccccc1)[C@H](CO[C@@H]1O[C@H](COC(C)=O)[C@H](OC(C)=O)[C@H](OC(C)=O)[C@H]1OC(C)=O)N=[N+]=[N-]. The van der Waals surface area contributed by atoms with E-state index < -0.39 is 85.9 Å². The minimum Gasteiger partial charge on any atom is -0.463 e. The Morgan fingerprint density at radius 3 is 1.89 bits per heavy atom. The van der Waals surface area contributed by atoms with Gasteiger partial charge >= 0.3 is 29.8 Å². The Balaban J connectivity index is 2.25. The second kappa shape index (κ2) is 26.3. The first-order valence-electron chi connectivity index (χ1n) is 18.9. The van der Waals surface area contributed by atoms with Gasteiger partial charge in [0.2, 0.25) is 0 Å². The summed E-state index contributed by atoms with van der Waals surface area (Å²) in [4.78, 5) is 64.3. The fourth-order valence-corrected chi connectivity index (χ4v) is 5.95. The van der Waals surface area contributed by atoms with Crippen molar-refractivity contribution in [2.45, 2.75) is 155 Å². The van der Waals surface area contributed by atoms with Gasteiger partial charge in [0.05, 0.1) is 12.2 Å². The van der Waals surface area contributed by atoms with Crippen LogP contribution in [-0.4, -0.2) is 85.9 Å². The minimum atomic E-state index is -1.52. The molecule has 300 valence electrons. The summed E-state index contributed by atoms with van der Waals surface area (Å²) in [6, 6.07) is 7.16. The van der Waals surface area contributed by atoms with Gasteiger partial charge in [-0.3, -0.25) is 19.2 Å². The first-order chi connectivity index (χ1) is 26.0. The van der Waals surface area contributed by atoms with Crippen LogP contribution in [0.2, 0.25) is 0 Å². The third kappa shape index (κ3) is 18.0. The van der Waals surface area contributed by atoms with E-state index in [1.54, 1.807) is 36.4 Å². The van der Waals surface area contributed by atoms with Crippen LogP contribution in [-0.2, 0) is 52.3 Å². The lowest BCUT2D eigenvalue weighted by Crippen LogP contribution is -2.63. The van der Waals surface area contributed by atoms with Gasteiger partial charge < -0.3 is 33.2 Å². The summed E-state index contributed by atoms with van der Waals surface area (Å²) in [5.41, 5.74) is 9.81. The normalized spacial score (nSPS) is 20.6. The molecule has 54 heavy (non-hydrogen) atoms. The van der Waals surface area contributed by atoms with Crippen molar-refractivity contribution in [3.05, 3.63) is 58.5 Å². The third-order valence-corrected chi connectivity index (χ3v) is 8.51. The Morgan fingerprint density at radius 1 is 0.778 bits per heavy atom. The number of unbranched alkanes of at least 4 members (excludes halogenated alkanes) is 11. The van der Waals surface area contributed by atoms with Gasteiger partial charge in [0, 0.05) is 32.6 Å². The zero-order valence-corrected chi connectivity index (χ0v) is 32.2. The topological polar surface area (TPSA) is 199 Å². The van der Waals surface area contributed by atoms with Crippen LogP contribution >= 0.6 is 0 Å². The fourth-order valence-electron chi connectivity index (χ4n) is 5.95. The van der Waals surface area contributed by atoms with E-state index in [-0.39, 0.29) is 5.56 Å². The summed E-state index contributed by atoms with van der Waals surface area (Å²) < 4.78 is 39.3. The molecule has 1 aromatic carbocycles. The van der Waals surface area contributed by atoms with E-state index in [0.717, 1.165) is 47.0 Å². The van der Waals surface area contributed by atoms with Crippen LogP contribution in [0.25, 0.3) is 10.4 Å². The fraction of sp³-hybridized carbons (Fsp3) is 0.667. The molecular formula is C39H57N3O12. The molecule has 0 unspecified atom stereocenters. The van der Waals surface area contributed by atoms with Crippen LogP contribution in [0.4, 0.5) is 0 Å². The average Bonchev–Trinajstić information content (AvgIpc) is 3.12. The molecule has 2 rings (SSSR count). The van der Waals surface area contributed by atoms with Crippen molar-refractivity contribution in [3.8, 4) is 0 Å². The maximum Gasteiger partial charge on any atom is 0.338 e. The van der Waals surface area contributed by atoms with Crippen molar-refractivity contribution < 1.29 is 57.1 Å². The maximum absolute atomic E-state index is 13.2. The van der Waals surface area contributed by atoms with Crippen LogP contribution in [0.5, 0.6) is 0 Å². The highest BCUT2D eigenvalue weighted by atomic mass is 16.7. The molecule has 0 aromatic heterocycles. The second-order valence-corrected chi connectivity index (χ2v) is 13.2. The lowest BCUT2D eigenvalue weighted by molar-refractivity contribution is -0.309. The predicted molar refractivity (Wildman–Crippen MR) is 197 cm³/mol. The number of allylic oxidation sites excluding steroid dienone is 1. The number of nitrogens with zero attached hydrogens (tertiary/aromatic N) is 3. The van der Waals surface area contributed by atoms with Gasteiger partial charge in [-0.2, -0.15) is 0 Å². The molecule has 0 amide bonds. The predicted octanol–water partition coefficient (Wildman–Crippen LogP) is 7.25.